The normalized spacial score (nSPS) is 13.3. The Morgan fingerprint density at radius 2 is 2.17 bits per heavy atom. The lowest BCUT2D eigenvalue weighted by Crippen LogP contribution is -2.39. The molecule has 0 aromatic carbocycles. The van der Waals surface area contributed by atoms with E-state index in [0.29, 0.717) is 13.0 Å². The van der Waals surface area contributed by atoms with Crippen LogP contribution in [0.1, 0.15) is 19.8 Å². The van der Waals surface area contributed by atoms with Crippen molar-refractivity contribution in [2.45, 2.75) is 25.8 Å². The van der Waals surface area contributed by atoms with Crippen molar-refractivity contribution in [3.05, 3.63) is 0 Å². The molecule has 0 aliphatic heterocycles. The maximum atomic E-state index is 10.7. The number of aliphatic hydroxyl groups excluding tert-OH is 1. The van der Waals surface area contributed by atoms with Crippen LogP contribution < -0.4 is 0 Å². The first kappa shape index (κ1) is 11.4. The lowest BCUT2D eigenvalue weighted by Gasteiger charge is -2.22. The van der Waals surface area contributed by atoms with E-state index in [9.17, 15) is 4.79 Å². The van der Waals surface area contributed by atoms with Crippen molar-refractivity contribution in [1.29, 1.82) is 0 Å². The largest absolute Gasteiger partial charge is 0.480 e. The predicted octanol–water partition coefficient (Wildman–Crippen LogP) is 0.164. The van der Waals surface area contributed by atoms with Crippen LogP contribution in [-0.2, 0) is 4.79 Å². The minimum Gasteiger partial charge on any atom is -0.480 e. The standard InChI is InChI=1S/C8H17NO3/c1-3-4-7(8(11)12)9(2)5-6-10/h7,10H,3-6H2,1-2H3,(H,11,12). The van der Waals surface area contributed by atoms with Crippen molar-refractivity contribution in [2.75, 3.05) is 20.2 Å². The van der Waals surface area contributed by atoms with Crippen molar-refractivity contribution < 1.29 is 15.0 Å². The molecule has 0 aliphatic rings. The maximum Gasteiger partial charge on any atom is 0.320 e. The van der Waals surface area contributed by atoms with Gasteiger partial charge >= 0.3 is 5.97 Å². The second-order valence-corrected chi connectivity index (χ2v) is 2.85. The van der Waals surface area contributed by atoms with Gasteiger partial charge in [-0.05, 0) is 13.5 Å². The summed E-state index contributed by atoms with van der Waals surface area (Å²) in [5.41, 5.74) is 0. The monoisotopic (exact) mass is 175 g/mol. The summed E-state index contributed by atoms with van der Waals surface area (Å²) in [7, 11) is 1.71. The number of hydrogen-bond acceptors (Lipinski definition) is 3. The first-order chi connectivity index (χ1) is 5.63. The van der Waals surface area contributed by atoms with Gasteiger partial charge in [0.1, 0.15) is 6.04 Å². The average Bonchev–Trinajstić information content (AvgIpc) is 1.99. The van der Waals surface area contributed by atoms with E-state index in [1.54, 1.807) is 11.9 Å². The number of carbonyl (C=O) groups is 1. The van der Waals surface area contributed by atoms with E-state index in [4.69, 9.17) is 10.2 Å². The highest BCUT2D eigenvalue weighted by molar-refractivity contribution is 5.73. The predicted molar refractivity (Wildman–Crippen MR) is 46.0 cm³/mol. The van der Waals surface area contributed by atoms with Crippen LogP contribution in [0.2, 0.25) is 0 Å². The zero-order valence-electron chi connectivity index (χ0n) is 7.66. The van der Waals surface area contributed by atoms with E-state index in [-0.39, 0.29) is 6.61 Å². The highest BCUT2D eigenvalue weighted by atomic mass is 16.4. The molecule has 4 nitrogen and oxygen atoms in total. The number of rotatable bonds is 6. The zero-order chi connectivity index (χ0) is 9.56. The van der Waals surface area contributed by atoms with Crippen molar-refractivity contribution in [2.24, 2.45) is 0 Å². The Balaban J connectivity index is 3.99. The molecule has 0 heterocycles. The van der Waals surface area contributed by atoms with Crippen LogP contribution in [0.4, 0.5) is 0 Å². The van der Waals surface area contributed by atoms with Crippen LogP contribution in [0.5, 0.6) is 0 Å². The molecule has 0 fully saturated rings. The Morgan fingerprint density at radius 1 is 1.58 bits per heavy atom. The third-order valence-corrected chi connectivity index (χ3v) is 1.83. The van der Waals surface area contributed by atoms with Crippen LogP contribution in [0.15, 0.2) is 0 Å². The summed E-state index contributed by atoms with van der Waals surface area (Å²) in [6.07, 6.45) is 1.47. The highest BCUT2D eigenvalue weighted by Gasteiger charge is 2.20. The van der Waals surface area contributed by atoms with Gasteiger partial charge in [-0.2, -0.15) is 0 Å². The van der Waals surface area contributed by atoms with Gasteiger partial charge in [-0.15, -0.1) is 0 Å². The molecule has 0 saturated carbocycles. The minimum atomic E-state index is -0.812. The molecule has 0 aromatic rings. The molecular formula is C8H17NO3. The molecule has 0 radical (unpaired) electrons. The van der Waals surface area contributed by atoms with Gasteiger partial charge in [0.05, 0.1) is 6.61 Å². The number of aliphatic carboxylic acids is 1. The minimum absolute atomic E-state index is 0.00396. The number of nitrogens with zero attached hydrogens (tertiary/aromatic N) is 1. The summed E-state index contributed by atoms with van der Waals surface area (Å²) in [5.74, 6) is -0.812. The van der Waals surface area contributed by atoms with Gasteiger partial charge in [0.15, 0.2) is 0 Å². The summed E-state index contributed by atoms with van der Waals surface area (Å²) >= 11 is 0. The molecule has 2 N–H and O–H groups in total. The van der Waals surface area contributed by atoms with Crippen molar-refractivity contribution in [3.8, 4) is 0 Å². The molecule has 0 amide bonds. The van der Waals surface area contributed by atoms with Gasteiger partial charge in [0, 0.05) is 6.54 Å². The number of carboxylic acids is 1. The maximum absolute atomic E-state index is 10.7. The van der Waals surface area contributed by atoms with Crippen LogP contribution in [-0.4, -0.2) is 47.3 Å². The Kier molecular flexibility index (Phi) is 5.66. The smallest absolute Gasteiger partial charge is 0.320 e. The SMILES string of the molecule is CCCC(C(=O)O)N(C)CCO. The molecule has 4 heteroatoms. The zero-order valence-corrected chi connectivity index (χ0v) is 7.66. The molecule has 0 aliphatic carbocycles. The first-order valence-electron chi connectivity index (χ1n) is 4.17. The summed E-state index contributed by atoms with van der Waals surface area (Å²) < 4.78 is 0. The average molecular weight is 175 g/mol. The molecular weight excluding hydrogens is 158 g/mol. The molecule has 12 heavy (non-hydrogen) atoms. The van der Waals surface area contributed by atoms with Gasteiger partial charge in [-0.1, -0.05) is 13.3 Å². The molecule has 0 aromatic heterocycles. The van der Waals surface area contributed by atoms with E-state index >= 15 is 0 Å². The van der Waals surface area contributed by atoms with Crippen molar-refractivity contribution >= 4 is 5.97 Å². The molecule has 1 unspecified atom stereocenters. The fourth-order valence-electron chi connectivity index (χ4n) is 1.12. The Morgan fingerprint density at radius 3 is 2.50 bits per heavy atom. The van der Waals surface area contributed by atoms with Crippen molar-refractivity contribution in [3.63, 3.8) is 0 Å². The van der Waals surface area contributed by atoms with Gasteiger partial charge < -0.3 is 10.2 Å². The number of carboxylic acid groups (broad SMARTS) is 1. The first-order valence-corrected chi connectivity index (χ1v) is 4.17. The molecule has 0 saturated heterocycles. The Labute approximate surface area is 72.8 Å². The van der Waals surface area contributed by atoms with Crippen LogP contribution in [0, 0.1) is 0 Å². The summed E-state index contributed by atoms with van der Waals surface area (Å²) in [4.78, 5) is 12.3. The van der Waals surface area contributed by atoms with Gasteiger partial charge in [-0.3, -0.25) is 9.69 Å². The molecule has 72 valence electrons. The van der Waals surface area contributed by atoms with Crippen LogP contribution in [0.3, 0.4) is 0 Å². The van der Waals surface area contributed by atoms with E-state index in [1.165, 1.54) is 0 Å². The molecule has 1 atom stereocenters. The second kappa shape index (κ2) is 5.97. The third-order valence-electron chi connectivity index (χ3n) is 1.83. The van der Waals surface area contributed by atoms with Gasteiger partial charge in [0.25, 0.3) is 0 Å². The van der Waals surface area contributed by atoms with E-state index < -0.39 is 12.0 Å². The third kappa shape index (κ3) is 3.69. The van der Waals surface area contributed by atoms with Gasteiger partial charge in [0.2, 0.25) is 0 Å². The lowest BCUT2D eigenvalue weighted by molar-refractivity contribution is -0.143. The van der Waals surface area contributed by atoms with Crippen LogP contribution in [0.25, 0.3) is 0 Å². The second-order valence-electron chi connectivity index (χ2n) is 2.85. The number of hydrogen-bond donors (Lipinski definition) is 2. The van der Waals surface area contributed by atoms with Gasteiger partial charge in [-0.25, -0.2) is 0 Å². The van der Waals surface area contributed by atoms with Crippen molar-refractivity contribution in [1.82, 2.24) is 4.90 Å². The van der Waals surface area contributed by atoms with E-state index in [2.05, 4.69) is 0 Å². The highest BCUT2D eigenvalue weighted by Crippen LogP contribution is 2.04. The molecule has 0 rings (SSSR count). The molecule has 0 spiro atoms. The van der Waals surface area contributed by atoms with Crippen LogP contribution >= 0.6 is 0 Å². The summed E-state index contributed by atoms with van der Waals surface area (Å²) in [5, 5.41) is 17.4. The van der Waals surface area contributed by atoms with E-state index in [1.807, 2.05) is 6.92 Å². The number of aliphatic hydroxyl groups is 1. The summed E-state index contributed by atoms with van der Waals surface area (Å²) in [6, 6.07) is -0.456. The fraction of sp³-hybridized carbons (Fsp3) is 0.875. The number of likely N-dealkylation sites (N-methyl/N-ethyl adjacent to an activating group) is 1. The summed E-state index contributed by atoms with van der Waals surface area (Å²) in [6.45, 7) is 2.36. The Hall–Kier alpha value is -0.610. The van der Waals surface area contributed by atoms with E-state index in [0.717, 1.165) is 6.42 Å². The Bertz CT molecular complexity index is 138. The topological polar surface area (TPSA) is 60.8 Å². The lowest BCUT2D eigenvalue weighted by atomic mass is 10.1. The molecule has 0 bridgehead atoms. The quantitative estimate of drug-likeness (QED) is 0.604. The fourth-order valence-corrected chi connectivity index (χ4v) is 1.12.